The lowest BCUT2D eigenvalue weighted by Crippen LogP contribution is -1.87. The van der Waals surface area contributed by atoms with Crippen LogP contribution in [0.25, 0.3) is 0 Å². The molecule has 3 nitrogen and oxygen atoms in total. The van der Waals surface area contributed by atoms with Crippen LogP contribution in [0.5, 0.6) is 5.75 Å². The molecule has 0 aliphatic rings. The molecule has 9 heavy (non-hydrogen) atoms. The van der Waals surface area contributed by atoms with Crippen molar-refractivity contribution in [2.24, 2.45) is 0 Å². The van der Waals surface area contributed by atoms with E-state index in [1.165, 1.54) is 6.20 Å². The van der Waals surface area contributed by atoms with Gasteiger partial charge in [-0.1, -0.05) is 0 Å². The predicted octanol–water partition coefficient (Wildman–Crippen LogP) is 0.829. The lowest BCUT2D eigenvalue weighted by molar-refractivity contribution is 0.473. The van der Waals surface area contributed by atoms with Crippen LogP contribution in [-0.4, -0.2) is 17.1 Å². The Hall–Kier alpha value is -1.25. The van der Waals surface area contributed by atoms with Crippen molar-refractivity contribution in [3.05, 3.63) is 18.5 Å². The van der Waals surface area contributed by atoms with Gasteiger partial charge in [0.15, 0.2) is 0 Å². The number of anilines is 1. The third-order valence-electron chi connectivity index (χ3n) is 1.01. The zero-order valence-electron chi connectivity index (χ0n) is 5.13. The number of nitrogens with one attached hydrogen (secondary N) is 1. The van der Waals surface area contributed by atoms with E-state index in [4.69, 9.17) is 5.11 Å². The minimum atomic E-state index is 0.182. The van der Waals surface area contributed by atoms with Crippen molar-refractivity contribution in [2.45, 2.75) is 0 Å². The zero-order chi connectivity index (χ0) is 6.69. The van der Waals surface area contributed by atoms with E-state index in [1.807, 2.05) is 0 Å². The number of hydrogen-bond acceptors (Lipinski definition) is 3. The fourth-order valence-corrected chi connectivity index (χ4v) is 0.565. The van der Waals surface area contributed by atoms with Gasteiger partial charge in [0, 0.05) is 13.1 Å². The van der Waals surface area contributed by atoms with E-state index >= 15 is 0 Å². The van der Waals surface area contributed by atoms with Crippen LogP contribution in [0.15, 0.2) is 18.5 Å². The van der Waals surface area contributed by atoms with Crippen LogP contribution in [0.4, 0.5) is 5.69 Å². The van der Waals surface area contributed by atoms with Gasteiger partial charge in [-0.2, -0.15) is 0 Å². The minimum Gasteiger partial charge on any atom is -0.506 e. The molecule has 0 aliphatic carbocycles. The summed E-state index contributed by atoms with van der Waals surface area (Å²) in [7, 11) is 1.77. The molecule has 0 bridgehead atoms. The Morgan fingerprint density at radius 2 is 2.33 bits per heavy atom. The number of rotatable bonds is 1. The summed E-state index contributed by atoms with van der Waals surface area (Å²) in [6.07, 6.45) is 3.03. The van der Waals surface area contributed by atoms with E-state index in [2.05, 4.69) is 10.3 Å². The average Bonchev–Trinajstić information content (AvgIpc) is 1.88. The molecule has 1 aromatic heterocycles. The third-order valence-corrected chi connectivity index (χ3v) is 1.01. The first-order valence-electron chi connectivity index (χ1n) is 2.64. The Balaban J connectivity index is 2.94. The van der Waals surface area contributed by atoms with Crippen molar-refractivity contribution in [3.8, 4) is 5.75 Å². The maximum absolute atomic E-state index is 8.84. The molecule has 1 heterocycles. The highest BCUT2D eigenvalue weighted by molar-refractivity contribution is 5.43. The number of aromatic hydroxyl groups is 1. The van der Waals surface area contributed by atoms with Crippen molar-refractivity contribution < 1.29 is 5.11 Å². The van der Waals surface area contributed by atoms with Crippen LogP contribution in [0, 0.1) is 0 Å². The number of pyridine rings is 1. The number of hydrogen-bond donors (Lipinski definition) is 2. The molecular formula is C6H8N2O. The molecule has 0 atom stereocenters. The van der Waals surface area contributed by atoms with Crippen molar-refractivity contribution in [1.29, 1.82) is 0 Å². The fraction of sp³-hybridized carbons (Fsp3) is 0.167. The number of aromatic nitrogens is 1. The highest BCUT2D eigenvalue weighted by atomic mass is 16.3. The van der Waals surface area contributed by atoms with E-state index in [0.29, 0.717) is 0 Å². The molecule has 1 rings (SSSR count). The van der Waals surface area contributed by atoms with Gasteiger partial charge in [0.2, 0.25) is 0 Å². The second kappa shape index (κ2) is 2.35. The van der Waals surface area contributed by atoms with Crippen molar-refractivity contribution in [2.75, 3.05) is 12.4 Å². The summed E-state index contributed by atoms with van der Waals surface area (Å²) >= 11 is 0. The molecule has 0 aliphatic heterocycles. The molecule has 0 unspecified atom stereocenters. The first-order valence-corrected chi connectivity index (χ1v) is 2.64. The molecular weight excluding hydrogens is 116 g/mol. The highest BCUT2D eigenvalue weighted by Crippen LogP contribution is 2.11. The van der Waals surface area contributed by atoms with Gasteiger partial charge in [-0.15, -0.1) is 0 Å². The summed E-state index contributed by atoms with van der Waals surface area (Å²) < 4.78 is 0. The first kappa shape index (κ1) is 5.88. The maximum Gasteiger partial charge on any atom is 0.135 e. The lowest BCUT2D eigenvalue weighted by Gasteiger charge is -1.96. The van der Waals surface area contributed by atoms with Crippen LogP contribution < -0.4 is 5.32 Å². The van der Waals surface area contributed by atoms with Gasteiger partial charge in [0.05, 0.1) is 18.1 Å². The molecule has 0 amide bonds. The SMILES string of the molecule is CNc1cncc(O)c1. The molecule has 48 valence electrons. The molecule has 3 heteroatoms. The number of nitrogens with zero attached hydrogens (tertiary/aromatic N) is 1. The maximum atomic E-state index is 8.84. The van der Waals surface area contributed by atoms with Gasteiger partial charge in [-0.05, 0) is 0 Å². The monoisotopic (exact) mass is 124 g/mol. The second-order valence-electron chi connectivity index (χ2n) is 1.68. The normalized spacial score (nSPS) is 9.00. The van der Waals surface area contributed by atoms with E-state index < -0.39 is 0 Å². The third kappa shape index (κ3) is 1.32. The Bertz CT molecular complexity index is 200. The zero-order valence-corrected chi connectivity index (χ0v) is 5.13. The average molecular weight is 124 g/mol. The van der Waals surface area contributed by atoms with Gasteiger partial charge < -0.3 is 10.4 Å². The van der Waals surface area contributed by atoms with Crippen molar-refractivity contribution >= 4 is 5.69 Å². The van der Waals surface area contributed by atoms with E-state index in [1.54, 1.807) is 19.3 Å². The summed E-state index contributed by atoms with van der Waals surface area (Å²) in [6, 6.07) is 1.60. The molecule has 0 saturated heterocycles. The summed E-state index contributed by atoms with van der Waals surface area (Å²) in [6.45, 7) is 0. The Morgan fingerprint density at radius 3 is 2.78 bits per heavy atom. The summed E-state index contributed by atoms with van der Waals surface area (Å²) in [5.74, 6) is 0.182. The molecule has 0 spiro atoms. The van der Waals surface area contributed by atoms with Crippen LogP contribution in [-0.2, 0) is 0 Å². The Labute approximate surface area is 53.4 Å². The topological polar surface area (TPSA) is 45.2 Å². The summed E-state index contributed by atoms with van der Waals surface area (Å²) in [4.78, 5) is 3.74. The van der Waals surface area contributed by atoms with E-state index in [9.17, 15) is 0 Å². The van der Waals surface area contributed by atoms with Gasteiger partial charge >= 0.3 is 0 Å². The van der Waals surface area contributed by atoms with Gasteiger partial charge in [-0.25, -0.2) is 0 Å². The van der Waals surface area contributed by atoms with E-state index in [0.717, 1.165) is 5.69 Å². The van der Waals surface area contributed by atoms with Gasteiger partial charge in [0.1, 0.15) is 5.75 Å². The van der Waals surface area contributed by atoms with Crippen molar-refractivity contribution in [3.63, 3.8) is 0 Å². The van der Waals surface area contributed by atoms with Gasteiger partial charge in [-0.3, -0.25) is 4.98 Å². The molecule has 0 saturated carbocycles. The smallest absolute Gasteiger partial charge is 0.135 e. The first-order chi connectivity index (χ1) is 4.33. The quantitative estimate of drug-likeness (QED) is 0.582. The Kier molecular flexibility index (Phi) is 1.53. The second-order valence-corrected chi connectivity index (χ2v) is 1.68. The summed E-state index contributed by atoms with van der Waals surface area (Å²) in [5.41, 5.74) is 0.815. The molecule has 0 aromatic carbocycles. The molecule has 0 fully saturated rings. The molecule has 2 N–H and O–H groups in total. The fourth-order valence-electron chi connectivity index (χ4n) is 0.565. The summed E-state index contributed by atoms with van der Waals surface area (Å²) in [5, 5.41) is 11.7. The van der Waals surface area contributed by atoms with Crippen LogP contribution >= 0.6 is 0 Å². The Morgan fingerprint density at radius 1 is 1.56 bits per heavy atom. The highest BCUT2D eigenvalue weighted by Gasteiger charge is 1.88. The van der Waals surface area contributed by atoms with Crippen LogP contribution in [0.3, 0.4) is 0 Å². The van der Waals surface area contributed by atoms with Crippen molar-refractivity contribution in [1.82, 2.24) is 4.98 Å². The largest absolute Gasteiger partial charge is 0.506 e. The van der Waals surface area contributed by atoms with Crippen LogP contribution in [0.2, 0.25) is 0 Å². The van der Waals surface area contributed by atoms with E-state index in [-0.39, 0.29) is 5.75 Å². The standard InChI is InChI=1S/C6H8N2O/c1-7-5-2-6(9)4-8-3-5/h2-4,7,9H,1H3. The predicted molar refractivity (Wildman–Crippen MR) is 35.4 cm³/mol. The minimum absolute atomic E-state index is 0.182. The van der Waals surface area contributed by atoms with Crippen LogP contribution in [0.1, 0.15) is 0 Å². The van der Waals surface area contributed by atoms with Gasteiger partial charge in [0.25, 0.3) is 0 Å². The molecule has 0 radical (unpaired) electrons. The molecule has 1 aromatic rings. The lowest BCUT2D eigenvalue weighted by atomic mass is 10.4.